The molecule has 0 aromatic carbocycles. The fraction of sp³-hybridized carbons (Fsp3) is 0.643. The molecule has 0 bridgehead atoms. The molecule has 1 N–H and O–H groups in total. The lowest BCUT2D eigenvalue weighted by Gasteiger charge is -2.19. The largest absolute Gasteiger partial charge is 0.464 e. The summed E-state index contributed by atoms with van der Waals surface area (Å²) in [6, 6.07) is 0. The minimum atomic E-state index is -0.591. The molecule has 0 aliphatic rings. The van der Waals surface area contributed by atoms with Crippen LogP contribution in [0.4, 0.5) is 4.79 Å². The van der Waals surface area contributed by atoms with Crippen LogP contribution in [0.2, 0.25) is 0 Å². The number of aromatic nitrogens is 2. The predicted octanol–water partition coefficient (Wildman–Crippen LogP) is 2.13. The monoisotopic (exact) mass is 362 g/mol. The van der Waals surface area contributed by atoms with Crippen molar-refractivity contribution in [2.75, 3.05) is 24.7 Å². The number of ether oxygens (including phenoxy) is 2. The van der Waals surface area contributed by atoms with Gasteiger partial charge in [-0.2, -0.15) is 0 Å². The number of carbonyl (C=O) groups excluding carboxylic acids is 2. The van der Waals surface area contributed by atoms with Crippen molar-refractivity contribution < 1.29 is 24.2 Å². The molecule has 0 saturated carbocycles. The number of aliphatic hydroxyl groups is 1. The van der Waals surface area contributed by atoms with Crippen LogP contribution in [0.3, 0.4) is 0 Å². The molecule has 0 radical (unpaired) electrons. The van der Waals surface area contributed by atoms with Gasteiger partial charge in [0.1, 0.15) is 18.5 Å². The van der Waals surface area contributed by atoms with Gasteiger partial charge >= 0.3 is 12.1 Å². The van der Waals surface area contributed by atoms with Crippen molar-refractivity contribution in [1.82, 2.24) is 9.55 Å². The van der Waals surface area contributed by atoms with Crippen molar-refractivity contribution in [1.29, 1.82) is 0 Å². The Morgan fingerprint density at radius 3 is 2.65 bits per heavy atom. The number of aliphatic hydroxyl groups excluding tert-OH is 1. The van der Waals surface area contributed by atoms with Gasteiger partial charge in [0.15, 0.2) is 0 Å². The van der Waals surface area contributed by atoms with Gasteiger partial charge in [-0.15, -0.1) is 0 Å². The summed E-state index contributed by atoms with van der Waals surface area (Å²) in [5.41, 5.74) is -0.144. The second-order valence-electron chi connectivity index (χ2n) is 5.52. The van der Waals surface area contributed by atoms with E-state index in [-0.39, 0.29) is 13.0 Å². The van der Waals surface area contributed by atoms with E-state index in [0.29, 0.717) is 23.8 Å². The molecule has 7 nitrogen and oxygen atoms in total. The molecule has 0 unspecified atom stereocenters. The Hall–Kier alpha value is -1.19. The van der Waals surface area contributed by atoms with Gasteiger partial charge in [-0.1, -0.05) is 21.6 Å². The maximum atomic E-state index is 11.8. The van der Waals surface area contributed by atoms with E-state index in [1.54, 1.807) is 20.8 Å². The van der Waals surface area contributed by atoms with Gasteiger partial charge in [0, 0.05) is 17.7 Å². The van der Waals surface area contributed by atoms with Crippen LogP contribution >= 0.6 is 21.6 Å². The molecule has 1 heterocycles. The van der Waals surface area contributed by atoms with Crippen molar-refractivity contribution in [2.45, 2.75) is 32.8 Å². The van der Waals surface area contributed by atoms with Crippen LogP contribution in [0.15, 0.2) is 12.5 Å². The first-order chi connectivity index (χ1) is 10.8. The number of esters is 1. The molecular weight excluding hydrogens is 340 g/mol. The van der Waals surface area contributed by atoms with E-state index in [2.05, 4.69) is 4.98 Å². The summed E-state index contributed by atoms with van der Waals surface area (Å²) in [7, 11) is 3.07. The van der Waals surface area contributed by atoms with Crippen molar-refractivity contribution in [3.63, 3.8) is 0 Å². The molecule has 0 spiro atoms. The summed E-state index contributed by atoms with van der Waals surface area (Å²) >= 11 is 0. The smallest absolute Gasteiger partial charge is 0.419 e. The Labute approximate surface area is 143 Å². The third-order valence-electron chi connectivity index (χ3n) is 2.25. The van der Waals surface area contributed by atoms with E-state index < -0.39 is 17.7 Å². The Morgan fingerprint density at radius 2 is 2.00 bits per heavy atom. The zero-order valence-electron chi connectivity index (χ0n) is 13.5. The fourth-order valence-electron chi connectivity index (χ4n) is 1.41. The first kappa shape index (κ1) is 19.9. The highest BCUT2D eigenvalue weighted by molar-refractivity contribution is 8.76. The number of imidazole rings is 1. The average Bonchev–Trinajstić information content (AvgIpc) is 2.89. The molecule has 9 heteroatoms. The van der Waals surface area contributed by atoms with E-state index in [0.717, 1.165) is 0 Å². The Balaban J connectivity index is 2.32. The SMILES string of the molecule is CC(C)(C)OC(=O)n1cnc(CC(=O)OCCSSCCO)c1. The lowest BCUT2D eigenvalue weighted by atomic mass is 10.2. The summed E-state index contributed by atoms with van der Waals surface area (Å²) in [6.07, 6.45) is 2.24. The molecule has 0 aliphatic carbocycles. The third kappa shape index (κ3) is 8.87. The highest BCUT2D eigenvalue weighted by atomic mass is 33.1. The number of hydrogen-bond donors (Lipinski definition) is 1. The molecule has 0 atom stereocenters. The third-order valence-corrected chi connectivity index (χ3v) is 4.60. The summed E-state index contributed by atoms with van der Waals surface area (Å²) in [5.74, 6) is 0.913. The van der Waals surface area contributed by atoms with Gasteiger partial charge in [0.25, 0.3) is 0 Å². The van der Waals surface area contributed by atoms with Gasteiger partial charge in [0.05, 0.1) is 18.7 Å². The van der Waals surface area contributed by atoms with Crippen LogP contribution in [-0.2, 0) is 20.7 Å². The molecule has 0 amide bonds. The van der Waals surface area contributed by atoms with Crippen LogP contribution in [0.1, 0.15) is 26.5 Å². The lowest BCUT2D eigenvalue weighted by Crippen LogP contribution is -2.26. The van der Waals surface area contributed by atoms with E-state index in [9.17, 15) is 9.59 Å². The predicted molar refractivity (Wildman–Crippen MR) is 90.5 cm³/mol. The van der Waals surface area contributed by atoms with E-state index in [1.165, 1.54) is 38.7 Å². The number of rotatable bonds is 8. The van der Waals surface area contributed by atoms with Crippen LogP contribution in [0.5, 0.6) is 0 Å². The zero-order valence-corrected chi connectivity index (χ0v) is 15.1. The maximum absolute atomic E-state index is 11.8. The van der Waals surface area contributed by atoms with Gasteiger partial charge in [0.2, 0.25) is 0 Å². The second-order valence-corrected chi connectivity index (χ2v) is 8.22. The Morgan fingerprint density at radius 1 is 1.30 bits per heavy atom. The van der Waals surface area contributed by atoms with E-state index in [1.807, 2.05) is 0 Å². The molecule has 1 aromatic heterocycles. The normalized spacial score (nSPS) is 11.3. The molecule has 0 saturated heterocycles. The molecule has 0 aliphatic heterocycles. The van der Waals surface area contributed by atoms with Crippen molar-refractivity contribution in [3.05, 3.63) is 18.2 Å². The first-order valence-corrected chi connectivity index (χ1v) is 9.58. The highest BCUT2D eigenvalue weighted by Gasteiger charge is 2.18. The first-order valence-electron chi connectivity index (χ1n) is 7.09. The highest BCUT2D eigenvalue weighted by Crippen LogP contribution is 2.19. The minimum Gasteiger partial charge on any atom is -0.464 e. The second kappa shape index (κ2) is 9.84. The number of hydrogen-bond acceptors (Lipinski definition) is 8. The fourth-order valence-corrected chi connectivity index (χ4v) is 3.01. The Kier molecular flexibility index (Phi) is 8.49. The van der Waals surface area contributed by atoms with Crippen LogP contribution < -0.4 is 0 Å². The molecule has 0 fully saturated rings. The standard InChI is InChI=1S/C14H22N2O5S2/c1-14(2,3)21-13(19)16-9-11(15-10-16)8-12(18)20-5-7-23-22-6-4-17/h9-10,17H,4-8H2,1-3H3. The summed E-state index contributed by atoms with van der Waals surface area (Å²) in [4.78, 5) is 27.5. The maximum Gasteiger partial charge on any atom is 0.419 e. The summed E-state index contributed by atoms with van der Waals surface area (Å²) in [5, 5.41) is 8.62. The minimum absolute atomic E-state index is 0.00421. The quantitative estimate of drug-likeness (QED) is 0.427. The van der Waals surface area contributed by atoms with Crippen molar-refractivity contribution in [3.8, 4) is 0 Å². The van der Waals surface area contributed by atoms with Gasteiger partial charge in [-0.3, -0.25) is 4.79 Å². The number of nitrogens with zero attached hydrogens (tertiary/aromatic N) is 2. The van der Waals surface area contributed by atoms with Crippen LogP contribution in [0.25, 0.3) is 0 Å². The van der Waals surface area contributed by atoms with Gasteiger partial charge in [-0.05, 0) is 20.8 Å². The average molecular weight is 362 g/mol. The van der Waals surface area contributed by atoms with Gasteiger partial charge < -0.3 is 14.6 Å². The van der Waals surface area contributed by atoms with Crippen LogP contribution in [-0.4, -0.2) is 57.0 Å². The molecular formula is C14H22N2O5S2. The van der Waals surface area contributed by atoms with E-state index in [4.69, 9.17) is 14.6 Å². The summed E-state index contributed by atoms with van der Waals surface area (Å²) in [6.45, 7) is 5.76. The van der Waals surface area contributed by atoms with Crippen molar-refractivity contribution in [2.24, 2.45) is 0 Å². The van der Waals surface area contributed by atoms with Crippen molar-refractivity contribution >= 4 is 33.7 Å². The zero-order chi connectivity index (χ0) is 17.3. The molecule has 1 rings (SSSR count). The summed E-state index contributed by atoms with van der Waals surface area (Å²) < 4.78 is 11.5. The van der Waals surface area contributed by atoms with E-state index >= 15 is 0 Å². The number of carbonyl (C=O) groups is 2. The molecule has 1 aromatic rings. The Bertz CT molecular complexity index is 514. The lowest BCUT2D eigenvalue weighted by molar-refractivity contribution is -0.142. The molecule has 130 valence electrons. The topological polar surface area (TPSA) is 90.7 Å². The van der Waals surface area contributed by atoms with Crippen LogP contribution in [0, 0.1) is 0 Å². The molecule has 23 heavy (non-hydrogen) atoms. The van der Waals surface area contributed by atoms with Gasteiger partial charge in [-0.25, -0.2) is 14.3 Å².